The number of benzene rings is 1. The van der Waals surface area contributed by atoms with Crippen LogP contribution in [-0.2, 0) is 16.0 Å². The van der Waals surface area contributed by atoms with Crippen molar-refractivity contribution in [2.24, 2.45) is 0 Å². The maximum atomic E-state index is 12.2. The highest BCUT2D eigenvalue weighted by Crippen LogP contribution is 2.15. The van der Waals surface area contributed by atoms with Gasteiger partial charge in [0.25, 0.3) is 0 Å². The minimum absolute atomic E-state index is 0.105. The van der Waals surface area contributed by atoms with Crippen LogP contribution in [0.5, 0.6) is 0 Å². The number of carbonyl (C=O) groups excluding carboxylic acids is 4. The lowest BCUT2D eigenvalue weighted by Gasteiger charge is -2.07. The average molecular weight is 358 g/mol. The third-order valence-corrected chi connectivity index (χ3v) is 4.44. The fourth-order valence-electron chi connectivity index (χ4n) is 2.92. The number of rotatable bonds is 13. The zero-order chi connectivity index (χ0) is 19.5. The summed E-state index contributed by atoms with van der Waals surface area (Å²) in [6.07, 6.45) is 7.53. The second-order valence-corrected chi connectivity index (χ2v) is 7.07. The molecule has 0 amide bonds. The fraction of sp³-hybridized carbons (Fsp3) is 0.545. The summed E-state index contributed by atoms with van der Waals surface area (Å²) in [6, 6.07) is 5.01. The van der Waals surface area contributed by atoms with Gasteiger partial charge in [-0.2, -0.15) is 0 Å². The van der Waals surface area contributed by atoms with Crippen molar-refractivity contribution in [1.29, 1.82) is 0 Å². The van der Waals surface area contributed by atoms with Crippen molar-refractivity contribution in [3.63, 3.8) is 0 Å². The summed E-state index contributed by atoms with van der Waals surface area (Å²) in [5.41, 5.74) is 1.69. The molecular weight excluding hydrogens is 328 g/mol. The van der Waals surface area contributed by atoms with Gasteiger partial charge in [0.05, 0.1) is 0 Å². The lowest BCUT2D eigenvalue weighted by atomic mass is 9.97. The molecule has 0 aliphatic carbocycles. The van der Waals surface area contributed by atoms with Crippen molar-refractivity contribution in [3.8, 4) is 0 Å². The van der Waals surface area contributed by atoms with Gasteiger partial charge in [0.2, 0.25) is 0 Å². The minimum Gasteiger partial charge on any atom is -0.300 e. The standard InChI is InChI=1S/C22H30O4/c1-16(23)10-8-6-4-5-7-9-11-22(26)14-19-12-20(17(2)24)15-21(13-19)18(3)25/h12-13,15H,4-11,14H2,1-3H3. The highest BCUT2D eigenvalue weighted by Gasteiger charge is 2.11. The van der Waals surface area contributed by atoms with Crippen LogP contribution in [0.15, 0.2) is 18.2 Å². The molecule has 0 aliphatic rings. The van der Waals surface area contributed by atoms with Crippen molar-refractivity contribution < 1.29 is 19.2 Å². The molecule has 0 unspecified atom stereocenters. The van der Waals surface area contributed by atoms with E-state index in [0.717, 1.165) is 44.1 Å². The van der Waals surface area contributed by atoms with Gasteiger partial charge in [-0.15, -0.1) is 0 Å². The summed E-state index contributed by atoms with van der Waals surface area (Å²) in [7, 11) is 0. The zero-order valence-electron chi connectivity index (χ0n) is 16.2. The van der Waals surface area contributed by atoms with Crippen molar-refractivity contribution in [3.05, 3.63) is 34.9 Å². The maximum absolute atomic E-state index is 12.2. The third-order valence-electron chi connectivity index (χ3n) is 4.44. The molecule has 4 nitrogen and oxygen atoms in total. The Labute approximate surface area is 156 Å². The number of hydrogen-bond acceptors (Lipinski definition) is 4. The summed E-state index contributed by atoms with van der Waals surface area (Å²) >= 11 is 0. The highest BCUT2D eigenvalue weighted by atomic mass is 16.1. The van der Waals surface area contributed by atoms with E-state index in [0.29, 0.717) is 24.0 Å². The number of hydrogen-bond donors (Lipinski definition) is 0. The van der Waals surface area contributed by atoms with E-state index in [-0.39, 0.29) is 29.6 Å². The second-order valence-electron chi connectivity index (χ2n) is 7.07. The van der Waals surface area contributed by atoms with Crippen LogP contribution in [0.1, 0.15) is 98.4 Å². The molecule has 4 heteroatoms. The van der Waals surface area contributed by atoms with Crippen LogP contribution in [0.4, 0.5) is 0 Å². The monoisotopic (exact) mass is 358 g/mol. The van der Waals surface area contributed by atoms with Gasteiger partial charge in [0.1, 0.15) is 11.6 Å². The van der Waals surface area contributed by atoms with Crippen LogP contribution < -0.4 is 0 Å². The number of Topliss-reactive ketones (excluding diaryl/α,β-unsaturated/α-hetero) is 4. The molecule has 26 heavy (non-hydrogen) atoms. The van der Waals surface area contributed by atoms with Crippen molar-refractivity contribution in [2.75, 3.05) is 0 Å². The van der Waals surface area contributed by atoms with Gasteiger partial charge in [0.15, 0.2) is 11.6 Å². The quantitative estimate of drug-likeness (QED) is 0.371. The van der Waals surface area contributed by atoms with Gasteiger partial charge in [0, 0.05) is 30.4 Å². The molecule has 0 fully saturated rings. The fourth-order valence-corrected chi connectivity index (χ4v) is 2.92. The Kier molecular flexibility index (Phi) is 9.71. The Balaban J connectivity index is 2.38. The van der Waals surface area contributed by atoms with E-state index >= 15 is 0 Å². The van der Waals surface area contributed by atoms with Gasteiger partial charge in [-0.05, 0) is 57.4 Å². The Morgan fingerprint density at radius 2 is 1.12 bits per heavy atom. The summed E-state index contributed by atoms with van der Waals surface area (Å²) in [4.78, 5) is 46.2. The van der Waals surface area contributed by atoms with Crippen molar-refractivity contribution in [2.45, 2.75) is 78.6 Å². The average Bonchev–Trinajstić information content (AvgIpc) is 2.56. The number of unbranched alkanes of at least 4 members (excludes halogenated alkanes) is 5. The van der Waals surface area contributed by atoms with Gasteiger partial charge in [-0.25, -0.2) is 0 Å². The second kappa shape index (κ2) is 11.5. The smallest absolute Gasteiger partial charge is 0.159 e. The molecular formula is C22H30O4. The molecule has 0 bridgehead atoms. The summed E-state index contributed by atoms with van der Waals surface area (Å²) < 4.78 is 0. The SMILES string of the molecule is CC(=O)CCCCCCCCC(=O)Cc1cc(C(C)=O)cc(C(C)=O)c1. The van der Waals surface area contributed by atoms with Gasteiger partial charge >= 0.3 is 0 Å². The van der Waals surface area contributed by atoms with Gasteiger partial charge in [-0.1, -0.05) is 25.7 Å². The van der Waals surface area contributed by atoms with Crippen LogP contribution in [0.2, 0.25) is 0 Å². The zero-order valence-corrected chi connectivity index (χ0v) is 16.2. The van der Waals surface area contributed by atoms with Crippen molar-refractivity contribution in [1.82, 2.24) is 0 Å². The van der Waals surface area contributed by atoms with Crippen LogP contribution in [0.25, 0.3) is 0 Å². The van der Waals surface area contributed by atoms with E-state index < -0.39 is 0 Å². The molecule has 0 aromatic heterocycles. The summed E-state index contributed by atoms with van der Waals surface area (Å²) in [5, 5.41) is 0. The Morgan fingerprint density at radius 3 is 1.58 bits per heavy atom. The lowest BCUT2D eigenvalue weighted by Crippen LogP contribution is -2.06. The molecule has 0 saturated carbocycles. The normalized spacial score (nSPS) is 10.6. The van der Waals surface area contributed by atoms with Gasteiger partial charge in [-0.3, -0.25) is 14.4 Å². The third kappa shape index (κ3) is 8.84. The maximum Gasteiger partial charge on any atom is 0.159 e. The lowest BCUT2D eigenvalue weighted by molar-refractivity contribution is -0.119. The first kappa shape index (κ1) is 21.9. The number of ketones is 4. The molecule has 0 saturated heterocycles. The Bertz CT molecular complexity index is 626. The molecule has 142 valence electrons. The first-order valence-electron chi connectivity index (χ1n) is 9.46. The first-order valence-corrected chi connectivity index (χ1v) is 9.46. The van der Waals surface area contributed by atoms with Crippen molar-refractivity contribution >= 4 is 23.1 Å². The minimum atomic E-state index is -0.105. The molecule has 1 rings (SSSR count). The summed E-state index contributed by atoms with van der Waals surface area (Å²) in [5.74, 6) is 0.173. The predicted molar refractivity (Wildman–Crippen MR) is 103 cm³/mol. The molecule has 0 aliphatic heterocycles. The van der Waals surface area contributed by atoms with E-state index in [9.17, 15) is 19.2 Å². The number of carbonyl (C=O) groups is 4. The van der Waals surface area contributed by atoms with Gasteiger partial charge < -0.3 is 4.79 Å². The molecule has 0 atom stereocenters. The Morgan fingerprint density at radius 1 is 0.654 bits per heavy atom. The summed E-state index contributed by atoms with van der Waals surface area (Å²) in [6.45, 7) is 4.54. The Hall–Kier alpha value is -2.10. The first-order chi connectivity index (χ1) is 12.3. The largest absolute Gasteiger partial charge is 0.300 e. The van der Waals surface area contributed by atoms with E-state index in [1.54, 1.807) is 25.1 Å². The van der Waals surface area contributed by atoms with Crippen LogP contribution in [0, 0.1) is 0 Å². The molecule has 1 aromatic rings. The molecule has 0 spiro atoms. The van der Waals surface area contributed by atoms with Crippen LogP contribution >= 0.6 is 0 Å². The van der Waals surface area contributed by atoms with E-state index in [4.69, 9.17) is 0 Å². The predicted octanol–water partition coefficient (Wildman–Crippen LogP) is 4.91. The van der Waals surface area contributed by atoms with E-state index in [1.165, 1.54) is 13.8 Å². The molecule has 0 N–H and O–H groups in total. The molecule has 0 radical (unpaired) electrons. The van der Waals surface area contributed by atoms with E-state index in [2.05, 4.69) is 0 Å². The highest BCUT2D eigenvalue weighted by molar-refractivity contribution is 6.00. The van der Waals surface area contributed by atoms with Crippen LogP contribution in [0.3, 0.4) is 0 Å². The van der Waals surface area contributed by atoms with Crippen LogP contribution in [-0.4, -0.2) is 23.1 Å². The molecule has 1 aromatic carbocycles. The molecule has 0 heterocycles. The van der Waals surface area contributed by atoms with E-state index in [1.807, 2.05) is 0 Å². The topological polar surface area (TPSA) is 68.3 Å².